The number of nitrogens with one attached hydrogen (secondary N) is 2. The number of aliphatic carboxylic acids is 2. The molecule has 0 bridgehead atoms. The number of nitrogens with zero attached hydrogens (tertiary/aromatic N) is 3. The third-order valence-electron chi connectivity index (χ3n) is 5.27. The van der Waals surface area contributed by atoms with E-state index in [0.29, 0.717) is 43.4 Å². The van der Waals surface area contributed by atoms with E-state index in [2.05, 4.69) is 15.5 Å². The minimum Gasteiger partial charge on any atom is -0.493 e. The van der Waals surface area contributed by atoms with Crippen LogP contribution in [0.4, 0.5) is 5.69 Å². The topological polar surface area (TPSA) is 191 Å². The molecule has 198 valence electrons. The first kappa shape index (κ1) is 28.5. The number of hydrogen-bond donors (Lipinski definition) is 4. The fourth-order valence-corrected chi connectivity index (χ4v) is 4.81. The third-order valence-corrected chi connectivity index (χ3v) is 7.16. The maximum absolute atomic E-state index is 13.0. The first-order chi connectivity index (χ1) is 16.9. The van der Waals surface area contributed by atoms with E-state index < -0.39 is 22.0 Å². The van der Waals surface area contributed by atoms with Gasteiger partial charge in [-0.05, 0) is 26.0 Å². The Bertz CT molecular complexity index is 1170. The molecule has 14 nitrogen and oxygen atoms in total. The first-order valence-electron chi connectivity index (χ1n) is 10.6. The summed E-state index contributed by atoms with van der Waals surface area (Å²) < 4.78 is 37.8. The van der Waals surface area contributed by atoms with Crippen molar-refractivity contribution in [2.45, 2.75) is 18.7 Å². The number of sulfonamides is 1. The standard InChI is InChI=1S/C19H27N5O5S.C2H2O4/c1-13-19(14(2)22-21-13)20-18(25)12-23-7-9-24(10-8-23)30(26,27)15-5-6-16(28-3)17(11-15)29-4;3-1(4)2(5)6/h5-6,11H,7-10,12H2,1-4H3,(H,20,25)(H,21,22);(H,3,4)(H,5,6). The van der Waals surface area contributed by atoms with E-state index in [1.165, 1.54) is 30.7 Å². The Labute approximate surface area is 207 Å². The quantitative estimate of drug-likeness (QED) is 0.358. The lowest BCUT2D eigenvalue weighted by Crippen LogP contribution is -2.50. The number of aromatic nitrogens is 2. The van der Waals surface area contributed by atoms with Gasteiger partial charge in [0.1, 0.15) is 0 Å². The van der Waals surface area contributed by atoms with Gasteiger partial charge in [0, 0.05) is 32.2 Å². The zero-order valence-electron chi connectivity index (χ0n) is 20.3. The molecule has 2 heterocycles. The number of carbonyl (C=O) groups excluding carboxylic acids is 1. The molecule has 0 spiro atoms. The Morgan fingerprint density at radius 2 is 1.61 bits per heavy atom. The Hall–Kier alpha value is -3.69. The molecule has 1 aliphatic rings. The van der Waals surface area contributed by atoms with E-state index in [4.69, 9.17) is 29.3 Å². The maximum atomic E-state index is 13.0. The average Bonchev–Trinajstić information content (AvgIpc) is 3.16. The van der Waals surface area contributed by atoms with Crippen molar-refractivity contribution >= 4 is 33.6 Å². The van der Waals surface area contributed by atoms with Crippen molar-refractivity contribution in [1.29, 1.82) is 0 Å². The molecule has 1 aliphatic heterocycles. The number of aryl methyl sites for hydroxylation is 2. The lowest BCUT2D eigenvalue weighted by Gasteiger charge is -2.33. The molecule has 3 rings (SSSR count). The van der Waals surface area contributed by atoms with Crippen LogP contribution in [0.25, 0.3) is 0 Å². The number of aromatic amines is 1. The van der Waals surface area contributed by atoms with Gasteiger partial charge < -0.3 is 25.0 Å². The molecule has 0 saturated carbocycles. The van der Waals surface area contributed by atoms with Gasteiger partial charge in [-0.2, -0.15) is 9.40 Å². The van der Waals surface area contributed by atoms with Gasteiger partial charge in [-0.15, -0.1) is 0 Å². The van der Waals surface area contributed by atoms with Gasteiger partial charge in [-0.25, -0.2) is 18.0 Å². The fourth-order valence-electron chi connectivity index (χ4n) is 3.37. The second-order valence-corrected chi connectivity index (χ2v) is 9.60. The number of H-pyrrole nitrogens is 1. The fraction of sp³-hybridized carbons (Fsp3) is 0.429. The lowest BCUT2D eigenvalue weighted by molar-refractivity contribution is -0.159. The van der Waals surface area contributed by atoms with Crippen LogP contribution in [-0.2, 0) is 24.4 Å². The van der Waals surface area contributed by atoms with Crippen LogP contribution in [0.2, 0.25) is 0 Å². The molecule has 1 amide bonds. The van der Waals surface area contributed by atoms with E-state index in [0.717, 1.165) is 11.4 Å². The number of carboxylic acids is 2. The van der Waals surface area contributed by atoms with Crippen molar-refractivity contribution in [3.8, 4) is 11.5 Å². The van der Waals surface area contributed by atoms with Crippen molar-refractivity contribution < 1.29 is 42.5 Å². The van der Waals surface area contributed by atoms with Gasteiger partial charge in [-0.1, -0.05) is 0 Å². The molecule has 0 radical (unpaired) electrons. The van der Waals surface area contributed by atoms with Gasteiger partial charge in [0.15, 0.2) is 11.5 Å². The van der Waals surface area contributed by atoms with Crippen LogP contribution in [0.1, 0.15) is 11.4 Å². The number of anilines is 1. The summed E-state index contributed by atoms with van der Waals surface area (Å²) in [5.41, 5.74) is 2.22. The van der Waals surface area contributed by atoms with Crippen molar-refractivity contribution in [2.75, 3.05) is 52.3 Å². The third kappa shape index (κ3) is 7.16. The monoisotopic (exact) mass is 527 g/mol. The minimum atomic E-state index is -3.67. The van der Waals surface area contributed by atoms with Gasteiger partial charge in [0.05, 0.1) is 42.7 Å². The summed E-state index contributed by atoms with van der Waals surface area (Å²) in [6.07, 6.45) is 0. The second-order valence-electron chi connectivity index (χ2n) is 7.66. The number of benzene rings is 1. The van der Waals surface area contributed by atoms with Crippen molar-refractivity contribution in [1.82, 2.24) is 19.4 Å². The number of amides is 1. The number of rotatable bonds is 7. The summed E-state index contributed by atoms with van der Waals surface area (Å²) in [6.45, 7) is 5.37. The molecular weight excluding hydrogens is 498 g/mol. The molecule has 36 heavy (non-hydrogen) atoms. The molecule has 0 unspecified atom stereocenters. The molecule has 0 aliphatic carbocycles. The highest BCUT2D eigenvalue weighted by Gasteiger charge is 2.30. The van der Waals surface area contributed by atoms with Gasteiger partial charge in [0.2, 0.25) is 15.9 Å². The predicted octanol–water partition coefficient (Wildman–Crippen LogP) is 0.144. The van der Waals surface area contributed by atoms with Crippen LogP contribution < -0.4 is 14.8 Å². The van der Waals surface area contributed by atoms with Gasteiger partial charge >= 0.3 is 11.9 Å². The summed E-state index contributed by atoms with van der Waals surface area (Å²) >= 11 is 0. The van der Waals surface area contributed by atoms with Crippen molar-refractivity contribution in [3.63, 3.8) is 0 Å². The Morgan fingerprint density at radius 1 is 1.03 bits per heavy atom. The Morgan fingerprint density at radius 3 is 2.08 bits per heavy atom. The highest BCUT2D eigenvalue weighted by atomic mass is 32.2. The number of carbonyl (C=O) groups is 3. The number of ether oxygens (including phenoxy) is 2. The summed E-state index contributed by atoms with van der Waals surface area (Å²) in [5, 5.41) is 24.5. The number of hydrogen-bond acceptors (Lipinski definition) is 9. The Balaban J connectivity index is 0.000000678. The van der Waals surface area contributed by atoms with Crippen LogP contribution in [0.5, 0.6) is 11.5 Å². The molecule has 1 aromatic heterocycles. The van der Waals surface area contributed by atoms with Crippen molar-refractivity contribution in [2.24, 2.45) is 0 Å². The largest absolute Gasteiger partial charge is 0.493 e. The van der Waals surface area contributed by atoms with Gasteiger partial charge in [-0.3, -0.25) is 14.8 Å². The van der Waals surface area contributed by atoms with Crippen LogP contribution in [0.3, 0.4) is 0 Å². The summed E-state index contributed by atoms with van der Waals surface area (Å²) in [6, 6.07) is 4.54. The highest BCUT2D eigenvalue weighted by molar-refractivity contribution is 7.89. The molecule has 2 aromatic rings. The summed E-state index contributed by atoms with van der Waals surface area (Å²) in [7, 11) is -0.706. The van der Waals surface area contributed by atoms with Crippen LogP contribution in [-0.4, -0.2) is 103 Å². The number of piperazine rings is 1. The molecule has 1 saturated heterocycles. The number of carboxylic acid groups (broad SMARTS) is 2. The first-order valence-corrected chi connectivity index (χ1v) is 12.1. The van der Waals surface area contributed by atoms with E-state index in [9.17, 15) is 13.2 Å². The highest BCUT2D eigenvalue weighted by Crippen LogP contribution is 2.30. The van der Waals surface area contributed by atoms with E-state index >= 15 is 0 Å². The zero-order valence-corrected chi connectivity index (χ0v) is 21.1. The average molecular weight is 528 g/mol. The smallest absolute Gasteiger partial charge is 0.414 e. The number of methoxy groups -OCH3 is 2. The van der Waals surface area contributed by atoms with Gasteiger partial charge in [0.25, 0.3) is 0 Å². The molecule has 1 aromatic carbocycles. The molecule has 0 atom stereocenters. The van der Waals surface area contributed by atoms with Crippen LogP contribution in [0, 0.1) is 13.8 Å². The van der Waals surface area contributed by atoms with E-state index in [1.807, 2.05) is 18.7 Å². The van der Waals surface area contributed by atoms with Crippen molar-refractivity contribution in [3.05, 3.63) is 29.6 Å². The lowest BCUT2D eigenvalue weighted by atomic mass is 10.3. The summed E-state index contributed by atoms with van der Waals surface area (Å²) in [5.74, 6) is -2.97. The molecule has 4 N–H and O–H groups in total. The van der Waals surface area contributed by atoms with Crippen LogP contribution >= 0.6 is 0 Å². The van der Waals surface area contributed by atoms with Crippen LogP contribution in [0.15, 0.2) is 23.1 Å². The maximum Gasteiger partial charge on any atom is 0.414 e. The molecular formula is C21H29N5O9S. The normalized spacial score (nSPS) is 14.3. The zero-order chi connectivity index (χ0) is 27.0. The SMILES string of the molecule is COc1ccc(S(=O)(=O)N2CCN(CC(=O)Nc3c(C)n[nH]c3C)CC2)cc1OC.O=C(O)C(=O)O. The minimum absolute atomic E-state index is 0.150. The molecule has 1 fully saturated rings. The predicted molar refractivity (Wildman–Crippen MR) is 127 cm³/mol. The van der Waals surface area contributed by atoms with E-state index in [-0.39, 0.29) is 17.3 Å². The second kappa shape index (κ2) is 12.3. The Kier molecular flexibility index (Phi) is 9.77. The molecule has 15 heteroatoms. The van der Waals surface area contributed by atoms with E-state index in [1.54, 1.807) is 6.07 Å². The summed E-state index contributed by atoms with van der Waals surface area (Å²) in [4.78, 5) is 32.6.